The predicted molar refractivity (Wildman–Crippen MR) is 164 cm³/mol. The van der Waals surface area contributed by atoms with E-state index in [-0.39, 0.29) is 48.4 Å². The van der Waals surface area contributed by atoms with Crippen molar-refractivity contribution in [1.29, 1.82) is 0 Å². The van der Waals surface area contributed by atoms with E-state index in [2.05, 4.69) is 5.32 Å². The van der Waals surface area contributed by atoms with Gasteiger partial charge in [-0.3, -0.25) is 9.59 Å². The number of nitrogens with zero attached hydrogens (tertiary/aromatic N) is 2. The number of aldehydes is 1. The molecule has 0 radical (unpaired) electrons. The van der Waals surface area contributed by atoms with Gasteiger partial charge in [-0.05, 0) is 111 Å². The number of amides is 1. The van der Waals surface area contributed by atoms with Gasteiger partial charge in [-0.2, -0.15) is 13.2 Å². The molecule has 0 unspecified atom stereocenters. The number of aryl methyl sites for hydroxylation is 3. The fraction of sp³-hybridized carbons (Fsp3) is 0.441. The lowest BCUT2D eigenvalue weighted by atomic mass is 9.90. The van der Waals surface area contributed by atoms with Crippen molar-refractivity contribution >= 4 is 12.2 Å². The molecule has 1 heterocycles. The van der Waals surface area contributed by atoms with Crippen LogP contribution < -0.4 is 10.9 Å². The van der Waals surface area contributed by atoms with Gasteiger partial charge in [-0.25, -0.2) is 8.78 Å². The maximum atomic E-state index is 15.7. The van der Waals surface area contributed by atoms with Crippen molar-refractivity contribution in [3.05, 3.63) is 91.9 Å². The number of benzene rings is 2. The molecule has 2 aromatic carbocycles. The highest BCUT2D eigenvalue weighted by molar-refractivity contribution is 5.81. The van der Waals surface area contributed by atoms with E-state index in [1.54, 1.807) is 52.8 Å². The summed E-state index contributed by atoms with van der Waals surface area (Å²) in [5.41, 5.74) is 0.518. The summed E-state index contributed by atoms with van der Waals surface area (Å²) >= 11 is 0. The molecule has 0 saturated carbocycles. The highest BCUT2D eigenvalue weighted by Crippen LogP contribution is 2.35. The molecule has 45 heavy (non-hydrogen) atoms. The van der Waals surface area contributed by atoms with Crippen molar-refractivity contribution < 1.29 is 31.5 Å². The minimum atomic E-state index is -4.77. The molecule has 1 amide bonds. The fourth-order valence-electron chi connectivity index (χ4n) is 5.62. The normalized spacial score (nSPS) is 13.3. The van der Waals surface area contributed by atoms with Crippen molar-refractivity contribution in [2.24, 2.45) is 5.92 Å². The largest absolute Gasteiger partial charge is 0.416 e. The summed E-state index contributed by atoms with van der Waals surface area (Å²) in [5, 5.41) is 2.70. The molecule has 6 nitrogen and oxygen atoms in total. The maximum Gasteiger partial charge on any atom is 0.416 e. The quantitative estimate of drug-likeness (QED) is 0.175. The second kappa shape index (κ2) is 14.5. The zero-order chi connectivity index (χ0) is 33.8. The first-order valence-electron chi connectivity index (χ1n) is 14.7. The summed E-state index contributed by atoms with van der Waals surface area (Å²) in [7, 11) is 3.42. The first-order chi connectivity index (χ1) is 20.9. The first-order valence-corrected chi connectivity index (χ1v) is 14.7. The summed E-state index contributed by atoms with van der Waals surface area (Å²) in [5.74, 6) is -1.97. The molecular weight excluding hydrogens is 593 g/mol. The van der Waals surface area contributed by atoms with Gasteiger partial charge in [0.05, 0.1) is 11.6 Å². The van der Waals surface area contributed by atoms with E-state index in [1.165, 1.54) is 25.1 Å². The second-order valence-corrected chi connectivity index (χ2v) is 12.2. The maximum absolute atomic E-state index is 15.7. The molecular formula is C34H40F5N3O3. The SMILES string of the molecule is Cc1cc(-c2c(C)cc(F)cc2C)cc([C@H](CC=O)NC(=O)[C@H](CC(C)C)n2cc(CCN(C)C)c(C(F)(F)F)cc2=O)c1F. The van der Waals surface area contributed by atoms with E-state index in [9.17, 15) is 31.9 Å². The molecule has 0 fully saturated rings. The summed E-state index contributed by atoms with van der Waals surface area (Å²) < 4.78 is 72.3. The van der Waals surface area contributed by atoms with Crippen molar-refractivity contribution in [2.75, 3.05) is 20.6 Å². The lowest BCUT2D eigenvalue weighted by Crippen LogP contribution is -2.40. The van der Waals surface area contributed by atoms with Gasteiger partial charge in [0, 0.05) is 30.8 Å². The van der Waals surface area contributed by atoms with E-state index in [0.29, 0.717) is 34.6 Å². The summed E-state index contributed by atoms with van der Waals surface area (Å²) in [4.78, 5) is 40.4. The highest BCUT2D eigenvalue weighted by atomic mass is 19.4. The van der Waals surface area contributed by atoms with E-state index in [4.69, 9.17) is 0 Å². The number of likely N-dealkylation sites (N-methyl/N-ethyl adjacent to an activating group) is 1. The Labute approximate surface area is 260 Å². The fourth-order valence-corrected chi connectivity index (χ4v) is 5.62. The number of hydrogen-bond acceptors (Lipinski definition) is 4. The topological polar surface area (TPSA) is 71.4 Å². The van der Waals surface area contributed by atoms with Gasteiger partial charge < -0.3 is 19.6 Å². The average Bonchev–Trinajstić information content (AvgIpc) is 2.91. The highest BCUT2D eigenvalue weighted by Gasteiger charge is 2.36. The Balaban J connectivity index is 2.12. The lowest BCUT2D eigenvalue weighted by molar-refractivity contribution is -0.138. The van der Waals surface area contributed by atoms with Crippen molar-refractivity contribution in [3.63, 3.8) is 0 Å². The average molecular weight is 634 g/mol. The molecule has 0 saturated heterocycles. The van der Waals surface area contributed by atoms with Gasteiger partial charge in [0.15, 0.2) is 0 Å². The molecule has 244 valence electrons. The van der Waals surface area contributed by atoms with Crippen molar-refractivity contribution in [3.8, 4) is 11.1 Å². The van der Waals surface area contributed by atoms with Crippen molar-refractivity contribution in [1.82, 2.24) is 14.8 Å². The number of hydrogen-bond donors (Lipinski definition) is 1. The number of nitrogens with one attached hydrogen (secondary N) is 1. The van der Waals surface area contributed by atoms with Crippen LogP contribution in [-0.4, -0.2) is 42.3 Å². The van der Waals surface area contributed by atoms with Crippen LogP contribution in [0.3, 0.4) is 0 Å². The number of pyridine rings is 1. The van der Waals surface area contributed by atoms with Crippen LogP contribution in [0.15, 0.2) is 41.3 Å². The van der Waals surface area contributed by atoms with Crippen LogP contribution in [0.1, 0.15) is 72.2 Å². The van der Waals surface area contributed by atoms with E-state index in [1.807, 2.05) is 0 Å². The number of carbonyl (C=O) groups excluding carboxylic acids is 2. The number of halogens is 5. The zero-order valence-electron chi connectivity index (χ0n) is 26.6. The van der Waals surface area contributed by atoms with E-state index < -0.39 is 46.9 Å². The molecule has 0 spiro atoms. The first kappa shape index (κ1) is 35.6. The molecule has 3 rings (SSSR count). The minimum absolute atomic E-state index is 0.0170. The smallest absolute Gasteiger partial charge is 0.347 e. The Morgan fingerprint density at radius 3 is 2.16 bits per heavy atom. The molecule has 11 heteroatoms. The van der Waals surface area contributed by atoms with Crippen LogP contribution in [-0.2, 0) is 22.2 Å². The van der Waals surface area contributed by atoms with Gasteiger partial charge in [0.1, 0.15) is 24.0 Å². The van der Waals surface area contributed by atoms with Crippen LogP contribution in [0.25, 0.3) is 11.1 Å². The van der Waals surface area contributed by atoms with Crippen LogP contribution >= 0.6 is 0 Å². The molecule has 0 bridgehead atoms. The Morgan fingerprint density at radius 1 is 1.00 bits per heavy atom. The van der Waals surface area contributed by atoms with E-state index >= 15 is 4.39 Å². The molecule has 3 aromatic rings. The zero-order valence-corrected chi connectivity index (χ0v) is 26.6. The van der Waals surface area contributed by atoms with Gasteiger partial charge in [-0.1, -0.05) is 13.8 Å². The van der Waals surface area contributed by atoms with Crippen LogP contribution in [0.4, 0.5) is 22.0 Å². The van der Waals surface area contributed by atoms with Crippen molar-refractivity contribution in [2.45, 2.75) is 72.1 Å². The predicted octanol–water partition coefficient (Wildman–Crippen LogP) is 6.88. The lowest BCUT2D eigenvalue weighted by Gasteiger charge is -2.27. The Kier molecular flexibility index (Phi) is 11.5. The number of rotatable bonds is 12. The summed E-state index contributed by atoms with van der Waals surface area (Å²) in [6.45, 7) is 8.84. The Morgan fingerprint density at radius 2 is 1.62 bits per heavy atom. The van der Waals surface area contributed by atoms with Gasteiger partial charge >= 0.3 is 6.18 Å². The van der Waals surface area contributed by atoms with Gasteiger partial charge in [-0.15, -0.1) is 0 Å². The molecule has 0 aliphatic heterocycles. The molecule has 0 aliphatic carbocycles. The number of aromatic nitrogens is 1. The molecule has 0 aliphatic rings. The minimum Gasteiger partial charge on any atom is -0.347 e. The van der Waals surface area contributed by atoms with Gasteiger partial charge in [0.2, 0.25) is 5.91 Å². The second-order valence-electron chi connectivity index (χ2n) is 12.2. The molecule has 1 N–H and O–H groups in total. The Hall–Kier alpha value is -3.86. The number of alkyl halides is 3. The summed E-state index contributed by atoms with van der Waals surface area (Å²) in [6, 6.07) is 3.94. The molecule has 2 atom stereocenters. The van der Waals surface area contributed by atoms with E-state index in [0.717, 1.165) is 10.8 Å². The summed E-state index contributed by atoms with van der Waals surface area (Å²) in [6.07, 6.45) is -3.40. The Bertz CT molecular complexity index is 1590. The molecule has 1 aromatic heterocycles. The standard InChI is InChI=1S/C34H40F5N3O3/c1-19(2)12-29(42-18-23(8-10-41(6)7)27(17-30(42)44)34(37,38)39)33(45)40-28(9-11-43)26-16-24(13-22(5)32(26)36)31-20(3)14-25(35)15-21(31)4/h11,13-19,28-29H,8-10,12H2,1-7H3,(H,40,45)/t28-,29-/m0/s1. The third kappa shape index (κ3) is 8.65. The van der Waals surface area contributed by atoms with Crippen LogP contribution in [0.5, 0.6) is 0 Å². The third-order valence-corrected chi connectivity index (χ3v) is 7.72. The third-order valence-electron chi connectivity index (χ3n) is 7.72. The number of carbonyl (C=O) groups is 2. The van der Waals surface area contributed by atoms with Crippen LogP contribution in [0, 0.1) is 38.3 Å². The van der Waals surface area contributed by atoms with Gasteiger partial charge in [0.25, 0.3) is 5.56 Å². The van der Waals surface area contributed by atoms with Crippen LogP contribution in [0.2, 0.25) is 0 Å². The monoisotopic (exact) mass is 633 g/mol.